The van der Waals surface area contributed by atoms with Gasteiger partial charge in [0.25, 0.3) is 0 Å². The van der Waals surface area contributed by atoms with Crippen LogP contribution in [0.4, 0.5) is 0 Å². The molecule has 4 rings (SSSR count). The molecule has 4 heteroatoms. The van der Waals surface area contributed by atoms with Gasteiger partial charge in [-0.15, -0.1) is 11.3 Å². The molecule has 0 N–H and O–H groups in total. The van der Waals surface area contributed by atoms with Gasteiger partial charge in [0.1, 0.15) is 0 Å². The van der Waals surface area contributed by atoms with Crippen LogP contribution in [0.15, 0.2) is 42.5 Å². The van der Waals surface area contributed by atoms with Crippen molar-refractivity contribution in [2.75, 3.05) is 19.6 Å². The molecular formula is C20H24N2OS. The van der Waals surface area contributed by atoms with Crippen molar-refractivity contribution in [3.05, 3.63) is 47.3 Å². The first-order valence-corrected chi connectivity index (χ1v) is 9.77. The Kier molecular flexibility index (Phi) is 4.67. The molecule has 2 aliphatic heterocycles. The molecule has 0 spiro atoms. The van der Waals surface area contributed by atoms with Gasteiger partial charge in [-0.1, -0.05) is 30.3 Å². The van der Waals surface area contributed by atoms with Crippen molar-refractivity contribution in [2.24, 2.45) is 0 Å². The molecule has 1 aromatic carbocycles. The Morgan fingerprint density at radius 1 is 1.04 bits per heavy atom. The zero-order chi connectivity index (χ0) is 16.4. The fourth-order valence-corrected chi connectivity index (χ4v) is 4.98. The Hall–Kier alpha value is -1.65. The number of rotatable bonds is 4. The van der Waals surface area contributed by atoms with Crippen LogP contribution in [0, 0.1) is 0 Å². The van der Waals surface area contributed by atoms with Crippen molar-refractivity contribution in [3.63, 3.8) is 0 Å². The number of benzene rings is 1. The van der Waals surface area contributed by atoms with Crippen molar-refractivity contribution >= 4 is 17.2 Å². The van der Waals surface area contributed by atoms with Gasteiger partial charge in [-0.25, -0.2) is 0 Å². The predicted molar refractivity (Wildman–Crippen MR) is 99.0 cm³/mol. The summed E-state index contributed by atoms with van der Waals surface area (Å²) in [5.74, 6) is 0.365. The summed E-state index contributed by atoms with van der Waals surface area (Å²) in [6.45, 7) is 4.16. The number of carbonyl (C=O) groups is 1. The molecule has 1 unspecified atom stereocenters. The number of piperidine rings is 1. The van der Waals surface area contributed by atoms with Crippen LogP contribution in [-0.2, 0) is 11.3 Å². The number of nitrogens with zero attached hydrogens (tertiary/aromatic N) is 2. The number of thiophene rings is 1. The summed E-state index contributed by atoms with van der Waals surface area (Å²) in [6.07, 6.45) is 4.16. The Bertz CT molecular complexity index is 697. The highest BCUT2D eigenvalue weighted by atomic mass is 32.1. The van der Waals surface area contributed by atoms with Crippen LogP contribution in [0.5, 0.6) is 0 Å². The molecule has 3 heterocycles. The summed E-state index contributed by atoms with van der Waals surface area (Å²) in [6, 6.07) is 15.5. The Morgan fingerprint density at radius 3 is 2.71 bits per heavy atom. The van der Waals surface area contributed by atoms with Crippen LogP contribution in [-0.4, -0.2) is 41.4 Å². The van der Waals surface area contributed by atoms with E-state index in [1.54, 1.807) is 0 Å². The maximum Gasteiger partial charge on any atom is 0.222 e. The zero-order valence-corrected chi connectivity index (χ0v) is 14.8. The standard InChI is InChI=1S/C20H24N2OS/c23-20-9-5-13-22(20)17-8-4-12-21(14-17)15-18-10-11-19(24-18)16-6-2-1-3-7-16/h1-3,6-7,10-11,17H,4-5,8-9,12-15H2. The SMILES string of the molecule is O=C1CCCN1C1CCCN(Cc2ccc(-c3ccccc3)s2)C1. The summed E-state index contributed by atoms with van der Waals surface area (Å²) < 4.78 is 0. The van der Waals surface area contributed by atoms with Crippen molar-refractivity contribution in [2.45, 2.75) is 38.3 Å². The number of carbonyl (C=O) groups excluding carboxylic acids is 1. The van der Waals surface area contributed by atoms with Gasteiger partial charge in [0.2, 0.25) is 5.91 Å². The minimum atomic E-state index is 0.365. The highest BCUT2D eigenvalue weighted by molar-refractivity contribution is 7.15. The maximum atomic E-state index is 12.0. The third-order valence-corrected chi connectivity index (χ3v) is 6.25. The maximum absolute atomic E-state index is 12.0. The summed E-state index contributed by atoms with van der Waals surface area (Å²) in [5.41, 5.74) is 1.30. The van der Waals surface area contributed by atoms with Gasteiger partial charge in [-0.2, -0.15) is 0 Å². The monoisotopic (exact) mass is 340 g/mol. The highest BCUT2D eigenvalue weighted by Crippen LogP contribution is 2.30. The molecule has 3 nitrogen and oxygen atoms in total. The lowest BCUT2D eigenvalue weighted by Crippen LogP contribution is -2.47. The molecule has 0 bridgehead atoms. The first-order chi connectivity index (χ1) is 11.8. The largest absolute Gasteiger partial charge is 0.338 e. The van der Waals surface area contributed by atoms with Gasteiger partial charge in [0, 0.05) is 41.9 Å². The van der Waals surface area contributed by atoms with E-state index in [9.17, 15) is 4.79 Å². The van der Waals surface area contributed by atoms with Gasteiger partial charge in [-0.05, 0) is 43.5 Å². The topological polar surface area (TPSA) is 23.6 Å². The first-order valence-electron chi connectivity index (χ1n) is 8.95. The van der Waals surface area contributed by atoms with Gasteiger partial charge in [0.15, 0.2) is 0 Å². The van der Waals surface area contributed by atoms with E-state index in [1.807, 2.05) is 11.3 Å². The number of hydrogen-bond donors (Lipinski definition) is 0. The second kappa shape index (κ2) is 7.08. The Balaban J connectivity index is 1.40. The smallest absolute Gasteiger partial charge is 0.222 e. The molecule has 1 atom stereocenters. The van der Waals surface area contributed by atoms with Gasteiger partial charge in [0.05, 0.1) is 0 Å². The summed E-state index contributed by atoms with van der Waals surface area (Å²) in [7, 11) is 0. The molecule has 2 fully saturated rings. The quantitative estimate of drug-likeness (QED) is 0.840. The molecule has 2 aliphatic rings. The lowest BCUT2D eigenvalue weighted by atomic mass is 10.0. The highest BCUT2D eigenvalue weighted by Gasteiger charge is 2.31. The van der Waals surface area contributed by atoms with Crippen LogP contribution < -0.4 is 0 Å². The molecular weight excluding hydrogens is 316 g/mol. The van der Waals surface area contributed by atoms with E-state index in [-0.39, 0.29) is 0 Å². The summed E-state index contributed by atoms with van der Waals surface area (Å²) in [5, 5.41) is 0. The van der Waals surface area contributed by atoms with Gasteiger partial charge in [-0.3, -0.25) is 9.69 Å². The fourth-order valence-electron chi connectivity index (χ4n) is 3.93. The van der Waals surface area contributed by atoms with E-state index in [2.05, 4.69) is 52.3 Å². The average molecular weight is 340 g/mol. The van der Waals surface area contributed by atoms with Gasteiger partial charge >= 0.3 is 0 Å². The average Bonchev–Trinajstić information content (AvgIpc) is 3.25. The Labute approximate surface area is 147 Å². The van der Waals surface area contributed by atoms with Crippen LogP contribution in [0.1, 0.15) is 30.6 Å². The lowest BCUT2D eigenvalue weighted by molar-refractivity contribution is -0.130. The number of hydrogen-bond acceptors (Lipinski definition) is 3. The Morgan fingerprint density at radius 2 is 1.92 bits per heavy atom. The van der Waals surface area contributed by atoms with Crippen molar-refractivity contribution < 1.29 is 4.79 Å². The minimum Gasteiger partial charge on any atom is -0.338 e. The zero-order valence-electron chi connectivity index (χ0n) is 14.0. The lowest BCUT2D eigenvalue weighted by Gasteiger charge is -2.37. The van der Waals surface area contributed by atoms with Crippen molar-refractivity contribution in [3.8, 4) is 10.4 Å². The van der Waals surface area contributed by atoms with Crippen LogP contribution in [0.3, 0.4) is 0 Å². The third-order valence-electron chi connectivity index (χ3n) is 5.13. The summed E-state index contributed by atoms with van der Waals surface area (Å²) in [4.78, 5) is 19.4. The molecule has 2 aromatic rings. The molecule has 126 valence electrons. The van der Waals surface area contributed by atoms with Crippen LogP contribution in [0.25, 0.3) is 10.4 Å². The van der Waals surface area contributed by atoms with Crippen molar-refractivity contribution in [1.29, 1.82) is 0 Å². The molecule has 0 radical (unpaired) electrons. The molecule has 1 aromatic heterocycles. The van der Waals surface area contributed by atoms with Crippen molar-refractivity contribution in [1.82, 2.24) is 9.80 Å². The van der Waals surface area contributed by atoms with Crippen LogP contribution >= 0.6 is 11.3 Å². The van der Waals surface area contributed by atoms with Gasteiger partial charge < -0.3 is 4.90 Å². The number of likely N-dealkylation sites (tertiary alicyclic amines) is 2. The van der Waals surface area contributed by atoms with Crippen LogP contribution in [0.2, 0.25) is 0 Å². The molecule has 2 saturated heterocycles. The number of amides is 1. The van der Waals surface area contributed by atoms with E-state index >= 15 is 0 Å². The first kappa shape index (κ1) is 15.9. The third kappa shape index (κ3) is 3.40. The van der Waals surface area contributed by atoms with E-state index in [1.165, 1.54) is 28.2 Å². The van der Waals surface area contributed by atoms with E-state index in [0.717, 1.165) is 39.0 Å². The minimum absolute atomic E-state index is 0.365. The van der Waals surface area contributed by atoms with E-state index in [0.29, 0.717) is 11.9 Å². The molecule has 24 heavy (non-hydrogen) atoms. The second-order valence-electron chi connectivity index (χ2n) is 6.85. The van der Waals surface area contributed by atoms with E-state index < -0.39 is 0 Å². The van der Waals surface area contributed by atoms with E-state index in [4.69, 9.17) is 0 Å². The molecule has 0 saturated carbocycles. The predicted octanol–water partition coefficient (Wildman–Crippen LogP) is 4.00. The summed E-state index contributed by atoms with van der Waals surface area (Å²) >= 11 is 1.89. The molecule has 0 aliphatic carbocycles. The fraction of sp³-hybridized carbons (Fsp3) is 0.450. The second-order valence-corrected chi connectivity index (χ2v) is 8.02. The normalized spacial score (nSPS) is 22.2. The molecule has 1 amide bonds.